The highest BCUT2D eigenvalue weighted by molar-refractivity contribution is 7.18. The average Bonchev–Trinajstić information content (AvgIpc) is 3.28. The fraction of sp³-hybridized carbons (Fsp3) is 0.148. The predicted molar refractivity (Wildman–Crippen MR) is 138 cm³/mol. The lowest BCUT2D eigenvalue weighted by Crippen LogP contribution is -2.22. The topological polar surface area (TPSA) is 97.1 Å². The molecule has 3 aromatic carbocycles. The Balaban J connectivity index is 1.67. The number of nitrogens with zero attached hydrogens (tertiary/aromatic N) is 1. The fourth-order valence-electron chi connectivity index (χ4n) is 3.51. The van der Waals surface area contributed by atoms with E-state index in [0.717, 1.165) is 23.1 Å². The number of aromatic nitrogens is 1. The smallest absolute Gasteiger partial charge is 0.264 e. The quantitative estimate of drug-likeness (QED) is 0.319. The van der Waals surface area contributed by atoms with Crippen LogP contribution >= 0.6 is 11.3 Å². The molecule has 1 aromatic heterocycles. The lowest BCUT2D eigenvalue weighted by molar-refractivity contribution is 0.0954. The number of thiazole rings is 1. The van der Waals surface area contributed by atoms with Gasteiger partial charge in [-0.25, -0.2) is 4.98 Å². The van der Waals surface area contributed by atoms with E-state index in [1.807, 2.05) is 67.6 Å². The summed E-state index contributed by atoms with van der Waals surface area (Å²) in [7, 11) is 0. The molecule has 172 valence electrons. The van der Waals surface area contributed by atoms with E-state index < -0.39 is 5.91 Å². The van der Waals surface area contributed by atoms with Crippen LogP contribution in [0, 0.1) is 6.92 Å². The van der Waals surface area contributed by atoms with E-state index in [1.54, 1.807) is 12.1 Å². The van der Waals surface area contributed by atoms with Crippen LogP contribution < -0.4 is 16.4 Å². The molecule has 0 aliphatic rings. The van der Waals surface area contributed by atoms with Crippen molar-refractivity contribution in [3.63, 3.8) is 0 Å². The summed E-state index contributed by atoms with van der Waals surface area (Å²) in [5.41, 5.74) is 11.2. The predicted octanol–water partition coefficient (Wildman–Crippen LogP) is 5.45. The second-order valence-electron chi connectivity index (χ2n) is 7.93. The minimum Gasteiger partial charge on any atom is -0.366 e. The Labute approximate surface area is 202 Å². The summed E-state index contributed by atoms with van der Waals surface area (Å²) in [6, 6.07) is 23.1. The van der Waals surface area contributed by atoms with Gasteiger partial charge in [0, 0.05) is 23.4 Å². The third-order valence-electron chi connectivity index (χ3n) is 5.53. The van der Waals surface area contributed by atoms with E-state index in [9.17, 15) is 9.59 Å². The number of anilines is 2. The van der Waals surface area contributed by atoms with E-state index in [0.29, 0.717) is 33.5 Å². The van der Waals surface area contributed by atoms with Gasteiger partial charge in [0.2, 0.25) is 5.91 Å². The van der Waals surface area contributed by atoms with E-state index in [-0.39, 0.29) is 5.91 Å². The molecule has 0 saturated carbocycles. The Bertz CT molecular complexity index is 1310. The summed E-state index contributed by atoms with van der Waals surface area (Å²) in [6.07, 6.45) is 0.935. The van der Waals surface area contributed by atoms with Gasteiger partial charge in [0.25, 0.3) is 5.91 Å². The summed E-state index contributed by atoms with van der Waals surface area (Å²) in [5, 5.41) is 6.83. The van der Waals surface area contributed by atoms with Gasteiger partial charge in [-0.2, -0.15) is 0 Å². The second-order valence-corrected chi connectivity index (χ2v) is 8.93. The van der Waals surface area contributed by atoms with Gasteiger partial charge in [0.1, 0.15) is 4.88 Å². The van der Waals surface area contributed by atoms with Crippen LogP contribution in [0.1, 0.15) is 43.6 Å². The number of nitrogens with two attached hydrogens (primary N) is 1. The number of hydrogen-bond acceptors (Lipinski definition) is 5. The number of benzene rings is 3. The molecule has 7 heteroatoms. The van der Waals surface area contributed by atoms with E-state index in [2.05, 4.69) is 17.6 Å². The standard InChI is InChI=1S/C27H26N4O2S/c1-3-18-10-13-20(14-11-18)23-24(26(33)29-16-19-7-5-4-6-8-19)34-27(31-23)30-22-15-21(25(28)32)12-9-17(22)2/h4-15H,3,16H2,1-2H3,(H2,28,32)(H,29,33)(H,30,31). The summed E-state index contributed by atoms with van der Waals surface area (Å²) in [4.78, 5) is 30.1. The third kappa shape index (κ3) is 5.32. The Kier molecular flexibility index (Phi) is 7.04. The van der Waals surface area contributed by atoms with E-state index >= 15 is 0 Å². The zero-order valence-corrected chi connectivity index (χ0v) is 19.9. The summed E-state index contributed by atoms with van der Waals surface area (Å²) in [6.45, 7) is 4.46. The number of primary amides is 1. The maximum absolute atomic E-state index is 13.2. The molecule has 2 amide bonds. The van der Waals surface area contributed by atoms with E-state index in [1.165, 1.54) is 16.9 Å². The number of rotatable bonds is 8. The van der Waals surface area contributed by atoms with Crippen molar-refractivity contribution in [1.82, 2.24) is 10.3 Å². The maximum atomic E-state index is 13.2. The Hall–Kier alpha value is -3.97. The third-order valence-corrected chi connectivity index (χ3v) is 6.50. The molecule has 1 heterocycles. The number of hydrogen-bond donors (Lipinski definition) is 3. The molecule has 34 heavy (non-hydrogen) atoms. The van der Waals surface area contributed by atoms with Crippen molar-refractivity contribution >= 4 is 34.0 Å². The molecule has 0 bridgehead atoms. The molecule has 0 saturated heterocycles. The number of nitrogens with one attached hydrogen (secondary N) is 2. The highest BCUT2D eigenvalue weighted by Crippen LogP contribution is 2.34. The molecule has 4 aromatic rings. The van der Waals surface area contributed by atoms with Crippen molar-refractivity contribution in [3.05, 3.63) is 99.9 Å². The molecule has 0 radical (unpaired) electrons. The van der Waals surface area contributed by atoms with Gasteiger partial charge in [-0.05, 0) is 42.2 Å². The molecule has 0 fully saturated rings. The first-order valence-electron chi connectivity index (χ1n) is 11.0. The van der Waals surface area contributed by atoms with Gasteiger partial charge >= 0.3 is 0 Å². The fourth-order valence-corrected chi connectivity index (χ4v) is 4.42. The zero-order chi connectivity index (χ0) is 24.1. The first kappa shape index (κ1) is 23.2. The van der Waals surface area contributed by atoms with Crippen molar-refractivity contribution < 1.29 is 9.59 Å². The van der Waals surface area contributed by atoms with Crippen molar-refractivity contribution in [2.24, 2.45) is 5.73 Å². The van der Waals surface area contributed by atoms with Gasteiger partial charge in [0.15, 0.2) is 5.13 Å². The molecule has 6 nitrogen and oxygen atoms in total. The second kappa shape index (κ2) is 10.3. The molecule has 0 spiro atoms. The SMILES string of the molecule is CCc1ccc(-c2nc(Nc3cc(C(N)=O)ccc3C)sc2C(=O)NCc2ccccc2)cc1. The molecule has 0 aliphatic heterocycles. The zero-order valence-electron chi connectivity index (χ0n) is 19.1. The first-order valence-corrected chi connectivity index (χ1v) is 11.9. The lowest BCUT2D eigenvalue weighted by atomic mass is 10.1. The van der Waals surface area contributed by atoms with Crippen LogP contribution in [0.15, 0.2) is 72.8 Å². The van der Waals surface area contributed by atoms with Crippen molar-refractivity contribution in [3.8, 4) is 11.3 Å². The largest absolute Gasteiger partial charge is 0.366 e. The molecule has 0 aliphatic carbocycles. The van der Waals surface area contributed by atoms with Gasteiger partial charge in [-0.3, -0.25) is 9.59 Å². The summed E-state index contributed by atoms with van der Waals surface area (Å²) >= 11 is 1.27. The van der Waals surface area contributed by atoms with Gasteiger partial charge in [0.05, 0.1) is 5.69 Å². The highest BCUT2D eigenvalue weighted by Gasteiger charge is 2.20. The number of carbonyl (C=O) groups is 2. The van der Waals surface area contributed by atoms with Crippen LogP contribution in [-0.4, -0.2) is 16.8 Å². The molecule has 4 N–H and O–H groups in total. The Morgan fingerprint density at radius 1 is 0.971 bits per heavy atom. The average molecular weight is 471 g/mol. The maximum Gasteiger partial charge on any atom is 0.264 e. The minimum atomic E-state index is -0.500. The first-order chi connectivity index (χ1) is 16.4. The molecular weight excluding hydrogens is 444 g/mol. The highest BCUT2D eigenvalue weighted by atomic mass is 32.1. The molecular formula is C27H26N4O2S. The molecule has 0 unspecified atom stereocenters. The monoisotopic (exact) mass is 470 g/mol. The van der Waals surface area contributed by atoms with Crippen molar-refractivity contribution in [2.75, 3.05) is 5.32 Å². The van der Waals surface area contributed by atoms with Crippen LogP contribution in [0.3, 0.4) is 0 Å². The normalized spacial score (nSPS) is 10.6. The van der Waals surface area contributed by atoms with Gasteiger partial charge in [-0.15, -0.1) is 0 Å². The van der Waals surface area contributed by atoms with Gasteiger partial charge < -0.3 is 16.4 Å². The van der Waals surface area contributed by atoms with E-state index in [4.69, 9.17) is 10.7 Å². The number of aryl methyl sites for hydroxylation is 2. The van der Waals surface area contributed by atoms with Crippen molar-refractivity contribution in [1.29, 1.82) is 0 Å². The van der Waals surface area contributed by atoms with Crippen LogP contribution in [-0.2, 0) is 13.0 Å². The van der Waals surface area contributed by atoms with Gasteiger partial charge in [-0.1, -0.05) is 78.9 Å². The molecule has 4 rings (SSSR count). The van der Waals surface area contributed by atoms with Crippen LogP contribution in [0.25, 0.3) is 11.3 Å². The van der Waals surface area contributed by atoms with Crippen molar-refractivity contribution in [2.45, 2.75) is 26.8 Å². The Morgan fingerprint density at radius 3 is 2.38 bits per heavy atom. The summed E-state index contributed by atoms with van der Waals surface area (Å²) in [5.74, 6) is -0.688. The lowest BCUT2D eigenvalue weighted by Gasteiger charge is -2.08. The summed E-state index contributed by atoms with van der Waals surface area (Å²) < 4.78 is 0. The molecule has 0 atom stereocenters. The number of amides is 2. The Morgan fingerprint density at radius 2 is 1.71 bits per heavy atom. The van der Waals surface area contributed by atoms with Crippen LogP contribution in [0.2, 0.25) is 0 Å². The number of carbonyl (C=O) groups excluding carboxylic acids is 2. The van der Waals surface area contributed by atoms with Crippen LogP contribution in [0.4, 0.5) is 10.8 Å². The minimum absolute atomic E-state index is 0.188. The van der Waals surface area contributed by atoms with Crippen LogP contribution in [0.5, 0.6) is 0 Å².